The Labute approximate surface area is 119 Å². The van der Waals surface area contributed by atoms with Crippen molar-refractivity contribution in [2.75, 3.05) is 0 Å². The van der Waals surface area contributed by atoms with Gasteiger partial charge in [0.2, 0.25) is 0 Å². The van der Waals surface area contributed by atoms with Crippen molar-refractivity contribution in [1.29, 1.82) is 0 Å². The maximum Gasteiger partial charge on any atom is 0.303 e. The highest BCUT2D eigenvalue weighted by Gasteiger charge is 2.23. The van der Waals surface area contributed by atoms with E-state index in [9.17, 15) is 9.59 Å². The predicted molar refractivity (Wildman–Crippen MR) is 75.7 cm³/mol. The van der Waals surface area contributed by atoms with Gasteiger partial charge in [-0.3, -0.25) is 9.59 Å². The van der Waals surface area contributed by atoms with Crippen LogP contribution in [0.25, 0.3) is 0 Å². The van der Waals surface area contributed by atoms with Crippen LogP contribution in [0.2, 0.25) is 0 Å². The summed E-state index contributed by atoms with van der Waals surface area (Å²) in [4.78, 5) is 22.7. The predicted octanol–water partition coefficient (Wildman–Crippen LogP) is 2.59. The maximum atomic E-state index is 12.2. The summed E-state index contributed by atoms with van der Waals surface area (Å²) >= 11 is 0. The van der Waals surface area contributed by atoms with Crippen molar-refractivity contribution in [3.05, 3.63) is 24.0 Å². The standard InChI is InChI=1S/C15H22N2O3/c1-11(5-2-9-14(18)19)16-15(20)13-8-4-10-17(13)12-6-3-7-12/h4,8,10-12H,2-3,5-7,9H2,1H3,(H,16,20)(H,18,19). The van der Waals surface area contributed by atoms with E-state index in [1.165, 1.54) is 6.42 Å². The molecule has 1 fully saturated rings. The summed E-state index contributed by atoms with van der Waals surface area (Å²) in [6.07, 6.45) is 6.90. The van der Waals surface area contributed by atoms with E-state index in [0.29, 0.717) is 24.6 Å². The number of aliphatic carboxylic acids is 1. The first kappa shape index (κ1) is 14.6. The van der Waals surface area contributed by atoms with Crippen LogP contribution >= 0.6 is 0 Å². The molecular weight excluding hydrogens is 256 g/mol. The van der Waals surface area contributed by atoms with Gasteiger partial charge in [0.25, 0.3) is 5.91 Å². The Bertz CT molecular complexity index is 477. The van der Waals surface area contributed by atoms with E-state index in [4.69, 9.17) is 5.11 Å². The number of carboxylic acid groups (broad SMARTS) is 1. The Morgan fingerprint density at radius 3 is 2.85 bits per heavy atom. The molecule has 2 rings (SSSR count). The third kappa shape index (κ3) is 3.62. The minimum absolute atomic E-state index is 0.00779. The molecule has 20 heavy (non-hydrogen) atoms. The number of nitrogens with zero attached hydrogens (tertiary/aromatic N) is 1. The lowest BCUT2D eigenvalue weighted by Crippen LogP contribution is -2.35. The minimum atomic E-state index is -0.789. The van der Waals surface area contributed by atoms with Crippen LogP contribution in [0, 0.1) is 0 Å². The number of carbonyl (C=O) groups is 2. The molecular formula is C15H22N2O3. The monoisotopic (exact) mass is 278 g/mol. The zero-order chi connectivity index (χ0) is 14.5. The van der Waals surface area contributed by atoms with Crippen LogP contribution in [0.5, 0.6) is 0 Å². The highest BCUT2D eigenvalue weighted by Crippen LogP contribution is 2.32. The maximum absolute atomic E-state index is 12.2. The van der Waals surface area contributed by atoms with Gasteiger partial charge < -0.3 is 15.0 Å². The number of amides is 1. The second-order valence-corrected chi connectivity index (χ2v) is 5.55. The molecule has 0 aliphatic heterocycles. The van der Waals surface area contributed by atoms with Crippen LogP contribution in [-0.2, 0) is 4.79 Å². The smallest absolute Gasteiger partial charge is 0.303 e. The molecule has 1 aromatic rings. The van der Waals surface area contributed by atoms with E-state index in [-0.39, 0.29) is 18.4 Å². The summed E-state index contributed by atoms with van der Waals surface area (Å²) in [7, 11) is 0. The number of nitrogens with one attached hydrogen (secondary N) is 1. The molecule has 1 amide bonds. The Balaban J connectivity index is 1.85. The lowest BCUT2D eigenvalue weighted by Gasteiger charge is -2.29. The highest BCUT2D eigenvalue weighted by molar-refractivity contribution is 5.93. The molecule has 1 atom stereocenters. The summed E-state index contributed by atoms with van der Waals surface area (Å²) in [5.74, 6) is -0.855. The lowest BCUT2D eigenvalue weighted by molar-refractivity contribution is -0.137. The first-order valence-electron chi connectivity index (χ1n) is 7.27. The van der Waals surface area contributed by atoms with Gasteiger partial charge in [0.15, 0.2) is 0 Å². The van der Waals surface area contributed by atoms with Gasteiger partial charge >= 0.3 is 5.97 Å². The highest BCUT2D eigenvalue weighted by atomic mass is 16.4. The summed E-state index contributed by atoms with van der Waals surface area (Å²) < 4.78 is 2.06. The molecule has 1 heterocycles. The average molecular weight is 278 g/mol. The van der Waals surface area contributed by atoms with E-state index in [1.54, 1.807) is 0 Å². The minimum Gasteiger partial charge on any atom is -0.481 e. The molecule has 1 saturated carbocycles. The molecule has 5 nitrogen and oxygen atoms in total. The van der Waals surface area contributed by atoms with Crippen LogP contribution in [0.1, 0.15) is 62.0 Å². The van der Waals surface area contributed by atoms with Gasteiger partial charge in [-0.2, -0.15) is 0 Å². The topological polar surface area (TPSA) is 71.3 Å². The number of hydrogen-bond donors (Lipinski definition) is 2. The molecule has 1 unspecified atom stereocenters. The first-order chi connectivity index (χ1) is 9.58. The molecule has 1 aromatic heterocycles. The molecule has 0 spiro atoms. The van der Waals surface area contributed by atoms with Crippen LogP contribution < -0.4 is 5.32 Å². The molecule has 0 bridgehead atoms. The van der Waals surface area contributed by atoms with Gasteiger partial charge in [-0.15, -0.1) is 0 Å². The molecule has 2 N–H and O–H groups in total. The Morgan fingerprint density at radius 2 is 2.25 bits per heavy atom. The number of aromatic nitrogens is 1. The van der Waals surface area contributed by atoms with Gasteiger partial charge in [0, 0.05) is 24.7 Å². The molecule has 0 aromatic carbocycles. The fourth-order valence-corrected chi connectivity index (χ4v) is 2.50. The van der Waals surface area contributed by atoms with Crippen LogP contribution in [0.4, 0.5) is 0 Å². The van der Waals surface area contributed by atoms with Crippen molar-refractivity contribution in [2.45, 2.75) is 57.5 Å². The SMILES string of the molecule is CC(CCCC(=O)O)NC(=O)c1cccn1C1CCC1. The number of rotatable bonds is 7. The van der Waals surface area contributed by atoms with Crippen molar-refractivity contribution >= 4 is 11.9 Å². The van der Waals surface area contributed by atoms with E-state index < -0.39 is 5.97 Å². The zero-order valence-corrected chi connectivity index (χ0v) is 11.8. The largest absolute Gasteiger partial charge is 0.481 e. The van der Waals surface area contributed by atoms with Crippen LogP contribution in [0.15, 0.2) is 18.3 Å². The van der Waals surface area contributed by atoms with E-state index in [0.717, 1.165) is 12.8 Å². The molecule has 1 aliphatic carbocycles. The second-order valence-electron chi connectivity index (χ2n) is 5.55. The second kappa shape index (κ2) is 6.59. The van der Waals surface area contributed by atoms with Gasteiger partial charge in [-0.05, 0) is 51.2 Å². The van der Waals surface area contributed by atoms with Crippen molar-refractivity contribution in [3.8, 4) is 0 Å². The van der Waals surface area contributed by atoms with Gasteiger partial charge in [0.05, 0.1) is 0 Å². The third-order valence-electron chi connectivity index (χ3n) is 3.88. The number of carbonyl (C=O) groups excluding carboxylic acids is 1. The number of carboxylic acids is 1. The van der Waals surface area contributed by atoms with Crippen molar-refractivity contribution < 1.29 is 14.7 Å². The fourth-order valence-electron chi connectivity index (χ4n) is 2.50. The Morgan fingerprint density at radius 1 is 1.50 bits per heavy atom. The van der Waals surface area contributed by atoms with Crippen LogP contribution in [0.3, 0.4) is 0 Å². The summed E-state index contributed by atoms with van der Waals surface area (Å²) in [5.41, 5.74) is 0.708. The van der Waals surface area contributed by atoms with E-state index in [1.807, 2.05) is 25.3 Å². The van der Waals surface area contributed by atoms with E-state index >= 15 is 0 Å². The average Bonchev–Trinajstić information content (AvgIpc) is 2.74. The van der Waals surface area contributed by atoms with Crippen molar-refractivity contribution in [2.24, 2.45) is 0 Å². The lowest BCUT2D eigenvalue weighted by atomic mass is 9.93. The Kier molecular flexibility index (Phi) is 4.82. The fraction of sp³-hybridized carbons (Fsp3) is 0.600. The molecule has 0 saturated heterocycles. The van der Waals surface area contributed by atoms with Gasteiger partial charge in [-0.25, -0.2) is 0 Å². The van der Waals surface area contributed by atoms with Gasteiger partial charge in [-0.1, -0.05) is 0 Å². The molecule has 0 radical (unpaired) electrons. The molecule has 1 aliphatic rings. The van der Waals surface area contributed by atoms with E-state index in [2.05, 4.69) is 9.88 Å². The first-order valence-corrected chi connectivity index (χ1v) is 7.27. The van der Waals surface area contributed by atoms with Crippen molar-refractivity contribution in [3.63, 3.8) is 0 Å². The third-order valence-corrected chi connectivity index (χ3v) is 3.88. The quantitative estimate of drug-likeness (QED) is 0.805. The molecule has 110 valence electrons. The normalized spacial score (nSPS) is 16.4. The number of hydrogen-bond acceptors (Lipinski definition) is 2. The summed E-state index contributed by atoms with van der Waals surface area (Å²) in [6.45, 7) is 1.91. The van der Waals surface area contributed by atoms with Gasteiger partial charge in [0.1, 0.15) is 5.69 Å². The Hall–Kier alpha value is -1.78. The molecule has 5 heteroatoms. The summed E-state index contributed by atoms with van der Waals surface area (Å²) in [5, 5.41) is 11.5. The van der Waals surface area contributed by atoms with Crippen molar-refractivity contribution in [1.82, 2.24) is 9.88 Å². The van der Waals surface area contributed by atoms with Crippen LogP contribution in [-0.4, -0.2) is 27.6 Å². The zero-order valence-electron chi connectivity index (χ0n) is 11.8. The summed E-state index contributed by atoms with van der Waals surface area (Å²) in [6, 6.07) is 4.21.